The quantitative estimate of drug-likeness (QED) is 0.936. The highest BCUT2D eigenvalue weighted by Gasteiger charge is 2.02. The van der Waals surface area contributed by atoms with E-state index in [1.165, 1.54) is 0 Å². The first-order valence-corrected chi connectivity index (χ1v) is 6.00. The topological polar surface area (TPSA) is 48.0 Å². The molecule has 0 amide bonds. The molecule has 0 radical (unpaired) electrons. The first-order chi connectivity index (χ1) is 7.72. The van der Waals surface area contributed by atoms with Crippen LogP contribution in [0.2, 0.25) is 0 Å². The van der Waals surface area contributed by atoms with Crippen LogP contribution < -0.4 is 11.3 Å². The van der Waals surface area contributed by atoms with E-state index in [1.807, 2.05) is 30.5 Å². The molecule has 84 valence electrons. The van der Waals surface area contributed by atoms with Gasteiger partial charge < -0.3 is 10.3 Å². The van der Waals surface area contributed by atoms with Crippen LogP contribution in [0, 0.1) is 0 Å². The summed E-state index contributed by atoms with van der Waals surface area (Å²) >= 11 is 3.39. The van der Waals surface area contributed by atoms with Gasteiger partial charge in [-0.25, -0.2) is 0 Å². The zero-order valence-electron chi connectivity index (χ0n) is 8.82. The van der Waals surface area contributed by atoms with Gasteiger partial charge in [0.25, 0.3) is 5.56 Å². The Labute approximate surface area is 102 Å². The number of aromatic nitrogens is 1. The Balaban J connectivity index is 2.53. The predicted octanol–water partition coefficient (Wildman–Crippen LogP) is 2.11. The van der Waals surface area contributed by atoms with Crippen molar-refractivity contribution < 1.29 is 0 Å². The van der Waals surface area contributed by atoms with Gasteiger partial charge in [0, 0.05) is 22.6 Å². The van der Waals surface area contributed by atoms with E-state index in [4.69, 9.17) is 5.73 Å². The van der Waals surface area contributed by atoms with Gasteiger partial charge in [-0.1, -0.05) is 15.9 Å². The van der Waals surface area contributed by atoms with Crippen molar-refractivity contribution in [3.05, 3.63) is 45.3 Å². The first kappa shape index (κ1) is 11.4. The van der Waals surface area contributed by atoms with Crippen molar-refractivity contribution in [1.82, 2.24) is 4.57 Å². The van der Waals surface area contributed by atoms with E-state index in [2.05, 4.69) is 15.9 Å². The molecule has 0 saturated heterocycles. The van der Waals surface area contributed by atoms with Gasteiger partial charge in [0.15, 0.2) is 0 Å². The van der Waals surface area contributed by atoms with Crippen molar-refractivity contribution in [3.63, 3.8) is 0 Å². The summed E-state index contributed by atoms with van der Waals surface area (Å²) in [6, 6.07) is 7.64. The molecule has 0 spiro atoms. The van der Waals surface area contributed by atoms with Crippen molar-refractivity contribution in [3.8, 4) is 0 Å². The molecule has 1 aromatic carbocycles. The largest absolute Gasteiger partial charge is 0.330 e. The highest BCUT2D eigenvalue weighted by molar-refractivity contribution is 9.10. The Bertz CT molecular complexity index is 562. The van der Waals surface area contributed by atoms with E-state index in [-0.39, 0.29) is 5.56 Å². The molecule has 1 heterocycles. The molecule has 0 bridgehead atoms. The van der Waals surface area contributed by atoms with Gasteiger partial charge >= 0.3 is 0 Å². The number of nitrogens with two attached hydrogens (primary N) is 1. The van der Waals surface area contributed by atoms with Crippen LogP contribution in [0.3, 0.4) is 0 Å². The van der Waals surface area contributed by atoms with E-state index in [1.54, 1.807) is 4.57 Å². The molecule has 2 N–H and O–H groups in total. The van der Waals surface area contributed by atoms with Crippen molar-refractivity contribution >= 4 is 26.7 Å². The summed E-state index contributed by atoms with van der Waals surface area (Å²) in [5.74, 6) is 0. The van der Waals surface area contributed by atoms with Gasteiger partial charge in [-0.15, -0.1) is 0 Å². The Kier molecular flexibility index (Phi) is 3.41. The smallest absolute Gasteiger partial charge is 0.258 e. The third kappa shape index (κ3) is 2.18. The van der Waals surface area contributed by atoms with E-state index >= 15 is 0 Å². The van der Waals surface area contributed by atoms with Gasteiger partial charge in [0.2, 0.25) is 0 Å². The van der Waals surface area contributed by atoms with Gasteiger partial charge in [0.05, 0.1) is 0 Å². The molecule has 3 nitrogen and oxygen atoms in total. The lowest BCUT2D eigenvalue weighted by atomic mass is 10.2. The van der Waals surface area contributed by atoms with E-state index in [0.717, 1.165) is 21.7 Å². The summed E-state index contributed by atoms with van der Waals surface area (Å²) in [5.41, 5.74) is 5.49. The number of hydrogen-bond donors (Lipinski definition) is 1. The zero-order chi connectivity index (χ0) is 11.5. The second-order valence-corrected chi connectivity index (χ2v) is 4.60. The summed E-state index contributed by atoms with van der Waals surface area (Å²) in [7, 11) is 0. The molecule has 0 aliphatic rings. The van der Waals surface area contributed by atoms with E-state index in [0.29, 0.717) is 13.1 Å². The van der Waals surface area contributed by atoms with Gasteiger partial charge in [-0.2, -0.15) is 0 Å². The second kappa shape index (κ2) is 4.80. The molecule has 0 aliphatic heterocycles. The van der Waals surface area contributed by atoms with Crippen LogP contribution in [-0.4, -0.2) is 11.1 Å². The molecular formula is C12H13BrN2O. The van der Waals surface area contributed by atoms with E-state index < -0.39 is 0 Å². The Hall–Kier alpha value is -1.13. The molecule has 16 heavy (non-hydrogen) atoms. The van der Waals surface area contributed by atoms with Crippen LogP contribution in [0.25, 0.3) is 10.8 Å². The maximum atomic E-state index is 12.1. The highest BCUT2D eigenvalue weighted by Crippen LogP contribution is 2.16. The summed E-state index contributed by atoms with van der Waals surface area (Å²) in [5, 5.41) is 1.71. The van der Waals surface area contributed by atoms with Crippen molar-refractivity contribution in [1.29, 1.82) is 0 Å². The number of benzene rings is 1. The zero-order valence-corrected chi connectivity index (χ0v) is 10.4. The maximum Gasteiger partial charge on any atom is 0.258 e. The molecule has 2 rings (SSSR count). The van der Waals surface area contributed by atoms with Gasteiger partial charge in [-0.05, 0) is 42.6 Å². The number of rotatable bonds is 3. The third-order valence-electron chi connectivity index (χ3n) is 2.54. The maximum absolute atomic E-state index is 12.1. The number of hydrogen-bond acceptors (Lipinski definition) is 2. The molecule has 0 aliphatic carbocycles. The number of nitrogens with zero attached hydrogens (tertiary/aromatic N) is 1. The first-order valence-electron chi connectivity index (χ1n) is 5.21. The summed E-state index contributed by atoms with van der Waals surface area (Å²) in [6.07, 6.45) is 2.65. The standard InChI is InChI=1S/C12H13BrN2O/c13-10-2-3-11-9(8-10)4-7-15(12(11)16)6-1-5-14/h2-4,7-8H,1,5-6,14H2. The van der Waals surface area contributed by atoms with Crippen LogP contribution in [0.1, 0.15) is 6.42 Å². The fourth-order valence-electron chi connectivity index (χ4n) is 1.70. The van der Waals surface area contributed by atoms with Crippen LogP contribution in [0.15, 0.2) is 39.7 Å². The number of fused-ring (bicyclic) bond motifs is 1. The molecular weight excluding hydrogens is 268 g/mol. The fourth-order valence-corrected chi connectivity index (χ4v) is 2.08. The lowest BCUT2D eigenvalue weighted by Gasteiger charge is -2.06. The average Bonchev–Trinajstić information content (AvgIpc) is 2.28. The van der Waals surface area contributed by atoms with E-state index in [9.17, 15) is 4.79 Å². The van der Waals surface area contributed by atoms with Gasteiger partial charge in [0.1, 0.15) is 0 Å². The lowest BCUT2D eigenvalue weighted by Crippen LogP contribution is -2.20. The molecule has 0 unspecified atom stereocenters. The van der Waals surface area contributed by atoms with Crippen LogP contribution in [0.5, 0.6) is 0 Å². The molecule has 1 aromatic heterocycles. The summed E-state index contributed by atoms with van der Waals surface area (Å²) in [6.45, 7) is 1.28. The molecule has 0 saturated carbocycles. The monoisotopic (exact) mass is 280 g/mol. The molecule has 0 atom stereocenters. The minimum absolute atomic E-state index is 0.0541. The van der Waals surface area contributed by atoms with Crippen LogP contribution >= 0.6 is 15.9 Å². The van der Waals surface area contributed by atoms with Crippen LogP contribution in [0.4, 0.5) is 0 Å². The minimum Gasteiger partial charge on any atom is -0.330 e. The Morgan fingerprint density at radius 1 is 1.31 bits per heavy atom. The molecule has 2 aromatic rings. The fraction of sp³-hybridized carbons (Fsp3) is 0.250. The molecule has 4 heteroatoms. The predicted molar refractivity (Wildman–Crippen MR) is 69.6 cm³/mol. The number of aryl methyl sites for hydroxylation is 1. The van der Waals surface area contributed by atoms with Crippen LogP contribution in [-0.2, 0) is 6.54 Å². The van der Waals surface area contributed by atoms with Crippen molar-refractivity contribution in [2.75, 3.05) is 6.54 Å². The van der Waals surface area contributed by atoms with Gasteiger partial charge in [-0.3, -0.25) is 4.79 Å². The highest BCUT2D eigenvalue weighted by atomic mass is 79.9. The Morgan fingerprint density at radius 3 is 2.88 bits per heavy atom. The lowest BCUT2D eigenvalue weighted by molar-refractivity contribution is 0.634. The SMILES string of the molecule is NCCCn1ccc2cc(Br)ccc2c1=O. The summed E-state index contributed by atoms with van der Waals surface area (Å²) in [4.78, 5) is 12.1. The van der Waals surface area contributed by atoms with Crippen molar-refractivity contribution in [2.45, 2.75) is 13.0 Å². The average molecular weight is 281 g/mol. The minimum atomic E-state index is 0.0541. The second-order valence-electron chi connectivity index (χ2n) is 3.69. The third-order valence-corrected chi connectivity index (χ3v) is 3.04. The summed E-state index contributed by atoms with van der Waals surface area (Å²) < 4.78 is 2.70. The number of pyridine rings is 1. The van der Waals surface area contributed by atoms with Crippen molar-refractivity contribution in [2.24, 2.45) is 5.73 Å². The Morgan fingerprint density at radius 2 is 2.12 bits per heavy atom. The molecule has 0 fully saturated rings. The normalized spacial score (nSPS) is 10.9. The number of halogens is 1.